The van der Waals surface area contributed by atoms with Crippen LogP contribution in [0, 0.1) is 0 Å². The molecule has 5 heteroatoms. The van der Waals surface area contributed by atoms with Crippen LogP contribution in [0.15, 0.2) is 4.42 Å². The highest BCUT2D eigenvalue weighted by Gasteiger charge is 2.21. The number of aromatic nitrogens is 2. The molecule has 0 aliphatic heterocycles. The molecule has 0 saturated heterocycles. The fourth-order valence-corrected chi connectivity index (χ4v) is 2.24. The van der Waals surface area contributed by atoms with Crippen molar-refractivity contribution in [1.29, 1.82) is 0 Å². The second kappa shape index (κ2) is 5.30. The smallest absolute Gasteiger partial charge is 0.318 e. The summed E-state index contributed by atoms with van der Waals surface area (Å²) in [4.78, 5) is 2.12. The van der Waals surface area contributed by atoms with Gasteiger partial charge >= 0.3 is 6.01 Å². The number of nitrogens with two attached hydrogens (primary N) is 1. The first-order valence-corrected chi connectivity index (χ1v) is 6.06. The average Bonchev–Trinajstić information content (AvgIpc) is 2.78. The molecule has 0 radical (unpaired) electrons. The summed E-state index contributed by atoms with van der Waals surface area (Å²) in [6, 6.07) is 1.19. The van der Waals surface area contributed by atoms with Crippen molar-refractivity contribution in [2.75, 3.05) is 18.5 Å². The summed E-state index contributed by atoms with van der Waals surface area (Å²) >= 11 is 0. The molecule has 1 saturated carbocycles. The summed E-state index contributed by atoms with van der Waals surface area (Å²) in [5, 5.41) is 8.05. The average molecular weight is 224 g/mol. The lowest BCUT2D eigenvalue weighted by Gasteiger charge is -2.29. The maximum Gasteiger partial charge on any atom is 0.318 e. The van der Waals surface area contributed by atoms with Gasteiger partial charge in [-0.15, -0.1) is 5.10 Å². The Morgan fingerprint density at radius 3 is 2.75 bits per heavy atom. The van der Waals surface area contributed by atoms with E-state index in [1.165, 1.54) is 32.1 Å². The third-order valence-electron chi connectivity index (χ3n) is 3.24. The van der Waals surface area contributed by atoms with Crippen LogP contribution in [0.25, 0.3) is 0 Å². The number of rotatable bonds is 4. The van der Waals surface area contributed by atoms with Crippen LogP contribution in [-0.4, -0.2) is 29.8 Å². The van der Waals surface area contributed by atoms with E-state index in [1.807, 2.05) is 7.05 Å². The summed E-state index contributed by atoms with van der Waals surface area (Å²) in [6.45, 7) is 0.550. The zero-order valence-electron chi connectivity index (χ0n) is 9.85. The lowest BCUT2D eigenvalue weighted by Crippen LogP contribution is -2.33. The number of nitrogens with zero attached hydrogens (tertiary/aromatic N) is 3. The van der Waals surface area contributed by atoms with E-state index in [-0.39, 0.29) is 0 Å². The lowest BCUT2D eigenvalue weighted by atomic mass is 9.95. The fourth-order valence-electron chi connectivity index (χ4n) is 2.24. The predicted octanol–water partition coefficient (Wildman–Crippen LogP) is 1.34. The van der Waals surface area contributed by atoms with Gasteiger partial charge in [0.25, 0.3) is 0 Å². The Balaban J connectivity index is 1.98. The number of hydrogen-bond acceptors (Lipinski definition) is 5. The van der Waals surface area contributed by atoms with Gasteiger partial charge in [-0.3, -0.25) is 0 Å². The second-order valence-corrected chi connectivity index (χ2v) is 4.42. The van der Waals surface area contributed by atoms with E-state index < -0.39 is 0 Å². The van der Waals surface area contributed by atoms with Gasteiger partial charge in [0.05, 0.1) is 0 Å². The molecule has 1 aromatic rings. The molecule has 0 atom stereocenters. The first-order valence-electron chi connectivity index (χ1n) is 6.06. The van der Waals surface area contributed by atoms with Gasteiger partial charge in [0.1, 0.15) is 0 Å². The zero-order valence-corrected chi connectivity index (χ0v) is 9.85. The molecule has 0 aromatic carbocycles. The normalized spacial score (nSPS) is 17.6. The SMILES string of the molecule is CN(c1nnc(CCN)o1)C1CCCCC1. The molecule has 5 nitrogen and oxygen atoms in total. The van der Waals surface area contributed by atoms with Crippen molar-refractivity contribution in [3.05, 3.63) is 5.89 Å². The minimum atomic E-state index is 0.550. The van der Waals surface area contributed by atoms with Gasteiger partial charge in [0.2, 0.25) is 5.89 Å². The standard InChI is InChI=1S/C11H20N4O/c1-15(9-5-3-2-4-6-9)11-14-13-10(16-11)7-8-12/h9H,2-8,12H2,1H3. The van der Waals surface area contributed by atoms with Gasteiger partial charge in [-0.25, -0.2) is 0 Å². The Hall–Kier alpha value is -1.10. The maximum absolute atomic E-state index is 5.56. The van der Waals surface area contributed by atoms with E-state index in [0.29, 0.717) is 30.9 Å². The molecule has 0 amide bonds. The Kier molecular flexibility index (Phi) is 3.77. The Bertz CT molecular complexity index is 320. The van der Waals surface area contributed by atoms with E-state index in [1.54, 1.807) is 0 Å². The van der Waals surface area contributed by atoms with Crippen molar-refractivity contribution in [3.8, 4) is 0 Å². The van der Waals surface area contributed by atoms with E-state index in [9.17, 15) is 0 Å². The molecule has 1 aliphatic carbocycles. The van der Waals surface area contributed by atoms with Gasteiger partial charge in [0, 0.05) is 26.1 Å². The summed E-state index contributed by atoms with van der Waals surface area (Å²) < 4.78 is 5.56. The first-order chi connectivity index (χ1) is 7.81. The van der Waals surface area contributed by atoms with Gasteiger partial charge in [0.15, 0.2) is 0 Å². The van der Waals surface area contributed by atoms with Crippen LogP contribution in [-0.2, 0) is 6.42 Å². The highest BCUT2D eigenvalue weighted by atomic mass is 16.4. The Labute approximate surface area is 96.0 Å². The van der Waals surface area contributed by atoms with Crippen molar-refractivity contribution < 1.29 is 4.42 Å². The molecule has 1 fully saturated rings. The Morgan fingerprint density at radius 2 is 2.06 bits per heavy atom. The summed E-state index contributed by atoms with van der Waals surface area (Å²) in [5.41, 5.74) is 5.45. The van der Waals surface area contributed by atoms with Crippen LogP contribution in [0.1, 0.15) is 38.0 Å². The molecule has 90 valence electrons. The van der Waals surface area contributed by atoms with Crippen molar-refractivity contribution in [3.63, 3.8) is 0 Å². The minimum absolute atomic E-state index is 0.550. The zero-order chi connectivity index (χ0) is 11.4. The van der Waals surface area contributed by atoms with E-state index in [0.717, 1.165) is 0 Å². The molecule has 1 aliphatic rings. The van der Waals surface area contributed by atoms with E-state index >= 15 is 0 Å². The third-order valence-corrected chi connectivity index (χ3v) is 3.24. The van der Waals surface area contributed by atoms with Gasteiger partial charge in [-0.1, -0.05) is 24.4 Å². The lowest BCUT2D eigenvalue weighted by molar-refractivity contribution is 0.399. The van der Waals surface area contributed by atoms with Gasteiger partial charge in [-0.05, 0) is 12.8 Å². The third kappa shape index (κ3) is 2.52. The van der Waals surface area contributed by atoms with Gasteiger partial charge in [-0.2, -0.15) is 0 Å². The largest absolute Gasteiger partial charge is 0.408 e. The molecular formula is C11H20N4O. The predicted molar refractivity (Wildman–Crippen MR) is 62.3 cm³/mol. The highest BCUT2D eigenvalue weighted by Crippen LogP contribution is 2.25. The first kappa shape index (κ1) is 11.4. The molecule has 1 aromatic heterocycles. The van der Waals surface area contributed by atoms with Crippen LogP contribution >= 0.6 is 0 Å². The number of hydrogen-bond donors (Lipinski definition) is 1. The van der Waals surface area contributed by atoms with Crippen LogP contribution in [0.5, 0.6) is 0 Å². The molecule has 0 spiro atoms. The fraction of sp³-hybridized carbons (Fsp3) is 0.818. The molecule has 1 heterocycles. The molecule has 0 unspecified atom stereocenters. The van der Waals surface area contributed by atoms with E-state index in [2.05, 4.69) is 15.1 Å². The van der Waals surface area contributed by atoms with E-state index in [4.69, 9.17) is 10.2 Å². The second-order valence-electron chi connectivity index (χ2n) is 4.42. The van der Waals surface area contributed by atoms with Crippen molar-refractivity contribution in [1.82, 2.24) is 10.2 Å². The number of anilines is 1. The quantitative estimate of drug-likeness (QED) is 0.835. The van der Waals surface area contributed by atoms with Crippen molar-refractivity contribution in [2.24, 2.45) is 5.73 Å². The van der Waals surface area contributed by atoms with Crippen LogP contribution in [0.2, 0.25) is 0 Å². The highest BCUT2D eigenvalue weighted by molar-refractivity contribution is 5.24. The monoisotopic (exact) mass is 224 g/mol. The van der Waals surface area contributed by atoms with Crippen LogP contribution < -0.4 is 10.6 Å². The summed E-state index contributed by atoms with van der Waals surface area (Å²) in [6.07, 6.45) is 7.08. The molecule has 2 rings (SSSR count). The Morgan fingerprint density at radius 1 is 1.31 bits per heavy atom. The van der Waals surface area contributed by atoms with Crippen LogP contribution in [0.3, 0.4) is 0 Å². The van der Waals surface area contributed by atoms with Crippen molar-refractivity contribution >= 4 is 6.01 Å². The van der Waals surface area contributed by atoms with Gasteiger partial charge < -0.3 is 15.1 Å². The topological polar surface area (TPSA) is 68.2 Å². The van der Waals surface area contributed by atoms with Crippen LogP contribution in [0.4, 0.5) is 6.01 Å². The maximum atomic E-state index is 5.56. The molecular weight excluding hydrogens is 204 g/mol. The minimum Gasteiger partial charge on any atom is -0.408 e. The summed E-state index contributed by atoms with van der Waals surface area (Å²) in [5.74, 6) is 0.639. The van der Waals surface area contributed by atoms with Crippen molar-refractivity contribution in [2.45, 2.75) is 44.6 Å². The molecule has 2 N–H and O–H groups in total. The molecule has 16 heavy (non-hydrogen) atoms. The summed E-state index contributed by atoms with van der Waals surface area (Å²) in [7, 11) is 2.04. The molecule has 0 bridgehead atoms.